The molecule has 0 spiro atoms. The lowest BCUT2D eigenvalue weighted by Gasteiger charge is -2.06. The van der Waals surface area contributed by atoms with Gasteiger partial charge in [-0.3, -0.25) is 4.79 Å². The highest BCUT2D eigenvalue weighted by molar-refractivity contribution is 6.32. The average Bonchev–Trinajstić information content (AvgIpc) is 2.31. The molecule has 4 nitrogen and oxygen atoms in total. The van der Waals surface area contributed by atoms with E-state index < -0.39 is 0 Å². The highest BCUT2D eigenvalue weighted by Crippen LogP contribution is 2.18. The molecule has 2 aromatic rings. The van der Waals surface area contributed by atoms with Gasteiger partial charge in [0.1, 0.15) is 0 Å². The Kier molecular flexibility index (Phi) is 3.79. The lowest BCUT2D eigenvalue weighted by Crippen LogP contribution is -2.13. The summed E-state index contributed by atoms with van der Waals surface area (Å²) in [5.41, 5.74) is 1.35. The Morgan fingerprint density at radius 1 is 1.17 bits per heavy atom. The monoisotopic (exact) mass is 281 g/mol. The first-order chi connectivity index (χ1) is 8.56. The van der Waals surface area contributed by atoms with Crippen molar-refractivity contribution in [3.05, 3.63) is 51.9 Å². The van der Waals surface area contributed by atoms with Gasteiger partial charge in [-0.1, -0.05) is 23.2 Å². The number of hydrogen-bond acceptors (Lipinski definition) is 3. The van der Waals surface area contributed by atoms with Crippen molar-refractivity contribution < 1.29 is 4.79 Å². The lowest BCUT2D eigenvalue weighted by atomic mass is 10.1. The Labute approximate surface area is 114 Å². The van der Waals surface area contributed by atoms with Crippen LogP contribution in [-0.2, 0) is 0 Å². The van der Waals surface area contributed by atoms with Gasteiger partial charge in [0.05, 0.1) is 0 Å². The zero-order chi connectivity index (χ0) is 13.1. The molecule has 1 amide bonds. The smallest absolute Gasteiger partial charge is 0.256 e. The first-order valence-electron chi connectivity index (χ1n) is 5.11. The number of halogens is 2. The first kappa shape index (κ1) is 12.8. The molecular weight excluding hydrogens is 273 g/mol. The van der Waals surface area contributed by atoms with Crippen LogP contribution in [0.5, 0.6) is 0 Å². The molecule has 0 aliphatic rings. The van der Waals surface area contributed by atoms with E-state index in [1.807, 2.05) is 6.92 Å². The number of anilines is 1. The summed E-state index contributed by atoms with van der Waals surface area (Å²) < 4.78 is 0. The van der Waals surface area contributed by atoms with Crippen LogP contribution in [0.3, 0.4) is 0 Å². The molecule has 0 aliphatic heterocycles. The molecule has 0 unspecified atom stereocenters. The Balaban J connectivity index is 2.25. The highest BCUT2D eigenvalue weighted by Gasteiger charge is 2.10. The maximum Gasteiger partial charge on any atom is 0.256 e. The molecule has 1 aromatic heterocycles. The summed E-state index contributed by atoms with van der Waals surface area (Å²) in [7, 11) is 0. The van der Waals surface area contributed by atoms with Gasteiger partial charge in [0.25, 0.3) is 5.91 Å². The molecule has 0 atom stereocenters. The first-order valence-corrected chi connectivity index (χ1v) is 5.87. The van der Waals surface area contributed by atoms with Crippen LogP contribution in [0, 0.1) is 6.92 Å². The molecule has 0 fully saturated rings. The number of nitrogens with zero attached hydrogens (tertiary/aromatic N) is 2. The van der Waals surface area contributed by atoms with Crippen LogP contribution >= 0.6 is 23.2 Å². The normalized spacial score (nSPS) is 10.2. The van der Waals surface area contributed by atoms with Gasteiger partial charge < -0.3 is 5.32 Å². The van der Waals surface area contributed by atoms with Gasteiger partial charge in [0.15, 0.2) is 11.0 Å². The summed E-state index contributed by atoms with van der Waals surface area (Å²) in [5, 5.41) is 3.23. The average molecular weight is 282 g/mol. The molecule has 1 heterocycles. The van der Waals surface area contributed by atoms with Gasteiger partial charge in [-0.25, -0.2) is 9.97 Å². The molecule has 18 heavy (non-hydrogen) atoms. The van der Waals surface area contributed by atoms with Crippen LogP contribution in [-0.4, -0.2) is 15.9 Å². The number of aromatic nitrogens is 2. The van der Waals surface area contributed by atoms with E-state index >= 15 is 0 Å². The SMILES string of the molecule is Cc1cc(Cl)cc(C(=O)Nc2nccnc2Cl)c1. The Bertz CT molecular complexity index is 581. The highest BCUT2D eigenvalue weighted by atomic mass is 35.5. The molecule has 1 aromatic carbocycles. The van der Waals surface area contributed by atoms with Crippen LogP contribution in [0.4, 0.5) is 5.82 Å². The minimum atomic E-state index is -0.331. The topological polar surface area (TPSA) is 54.9 Å². The van der Waals surface area contributed by atoms with E-state index in [1.54, 1.807) is 18.2 Å². The summed E-state index contributed by atoms with van der Waals surface area (Å²) in [5.74, 6) is -0.107. The molecule has 0 saturated heterocycles. The van der Waals surface area contributed by atoms with Crippen molar-refractivity contribution in [1.29, 1.82) is 0 Å². The fourth-order valence-corrected chi connectivity index (χ4v) is 1.89. The zero-order valence-corrected chi connectivity index (χ0v) is 11.0. The second kappa shape index (κ2) is 5.33. The molecule has 0 aliphatic carbocycles. The Hall–Kier alpha value is -1.65. The number of benzene rings is 1. The van der Waals surface area contributed by atoms with E-state index in [0.717, 1.165) is 5.56 Å². The quantitative estimate of drug-likeness (QED) is 0.919. The molecule has 0 bridgehead atoms. The molecule has 0 saturated carbocycles. The van der Waals surface area contributed by atoms with Crippen molar-refractivity contribution in [2.24, 2.45) is 0 Å². The standard InChI is InChI=1S/C12H9Cl2N3O/c1-7-4-8(6-9(13)5-7)12(18)17-11-10(14)15-2-3-16-11/h2-6H,1H3,(H,16,17,18). The predicted molar refractivity (Wildman–Crippen MR) is 71.2 cm³/mol. The Morgan fingerprint density at radius 2 is 1.89 bits per heavy atom. The molecule has 92 valence electrons. The second-order valence-corrected chi connectivity index (χ2v) is 4.46. The van der Waals surface area contributed by atoms with Crippen molar-refractivity contribution in [2.75, 3.05) is 5.32 Å². The fourth-order valence-electron chi connectivity index (χ4n) is 1.45. The van der Waals surface area contributed by atoms with Gasteiger partial charge in [-0.05, 0) is 30.7 Å². The largest absolute Gasteiger partial charge is 0.304 e. The minimum Gasteiger partial charge on any atom is -0.304 e. The second-order valence-electron chi connectivity index (χ2n) is 3.67. The van der Waals surface area contributed by atoms with Crippen molar-refractivity contribution in [3.63, 3.8) is 0 Å². The van der Waals surface area contributed by atoms with Crippen molar-refractivity contribution >= 4 is 34.9 Å². The maximum absolute atomic E-state index is 12.0. The summed E-state index contributed by atoms with van der Waals surface area (Å²) in [6, 6.07) is 5.08. The number of carbonyl (C=O) groups excluding carboxylic acids is 1. The summed E-state index contributed by atoms with van der Waals surface area (Å²) in [6.45, 7) is 1.86. The molecule has 2 rings (SSSR count). The van der Waals surface area contributed by atoms with Crippen LogP contribution < -0.4 is 5.32 Å². The zero-order valence-electron chi connectivity index (χ0n) is 9.45. The minimum absolute atomic E-state index is 0.143. The molecule has 1 N–H and O–H groups in total. The van der Waals surface area contributed by atoms with E-state index in [9.17, 15) is 4.79 Å². The van der Waals surface area contributed by atoms with Crippen molar-refractivity contribution in [3.8, 4) is 0 Å². The molecule has 6 heteroatoms. The number of hydrogen-bond donors (Lipinski definition) is 1. The Morgan fingerprint density at radius 3 is 2.56 bits per heavy atom. The summed E-state index contributed by atoms with van der Waals surface area (Å²) in [6.07, 6.45) is 2.90. The van der Waals surface area contributed by atoms with E-state index in [0.29, 0.717) is 10.6 Å². The fraction of sp³-hybridized carbons (Fsp3) is 0.0833. The third-order valence-electron chi connectivity index (χ3n) is 2.19. The van der Waals surface area contributed by atoms with Gasteiger partial charge in [0.2, 0.25) is 0 Å². The van der Waals surface area contributed by atoms with Gasteiger partial charge in [-0.2, -0.15) is 0 Å². The number of aryl methyl sites for hydroxylation is 1. The van der Waals surface area contributed by atoms with E-state index in [-0.39, 0.29) is 16.9 Å². The van der Waals surface area contributed by atoms with Gasteiger partial charge >= 0.3 is 0 Å². The summed E-state index contributed by atoms with van der Waals surface area (Å²) >= 11 is 11.7. The van der Waals surface area contributed by atoms with Gasteiger partial charge in [-0.15, -0.1) is 0 Å². The number of amides is 1. The van der Waals surface area contributed by atoms with Crippen molar-refractivity contribution in [2.45, 2.75) is 6.92 Å². The van der Waals surface area contributed by atoms with E-state index in [1.165, 1.54) is 12.4 Å². The number of rotatable bonds is 2. The number of carbonyl (C=O) groups is 1. The predicted octanol–water partition coefficient (Wildman–Crippen LogP) is 3.34. The van der Waals surface area contributed by atoms with Gasteiger partial charge in [0, 0.05) is 23.0 Å². The maximum atomic E-state index is 12.0. The third-order valence-corrected chi connectivity index (χ3v) is 2.68. The third kappa shape index (κ3) is 2.97. The van der Waals surface area contributed by atoms with E-state index in [2.05, 4.69) is 15.3 Å². The van der Waals surface area contributed by atoms with Crippen LogP contribution in [0.15, 0.2) is 30.6 Å². The summed E-state index contributed by atoms with van der Waals surface area (Å²) in [4.78, 5) is 19.7. The van der Waals surface area contributed by atoms with Crippen LogP contribution in [0.2, 0.25) is 10.2 Å². The number of nitrogens with one attached hydrogen (secondary N) is 1. The van der Waals surface area contributed by atoms with E-state index in [4.69, 9.17) is 23.2 Å². The molecule has 0 radical (unpaired) electrons. The van der Waals surface area contributed by atoms with Crippen molar-refractivity contribution in [1.82, 2.24) is 9.97 Å². The lowest BCUT2D eigenvalue weighted by molar-refractivity contribution is 0.102. The van der Waals surface area contributed by atoms with Crippen LogP contribution in [0.1, 0.15) is 15.9 Å². The van der Waals surface area contributed by atoms with Crippen LogP contribution in [0.25, 0.3) is 0 Å². The molecular formula is C12H9Cl2N3O.